The van der Waals surface area contributed by atoms with Crippen LogP contribution < -0.4 is 15.1 Å². The average Bonchev–Trinajstić information content (AvgIpc) is 2.43. The molecule has 5 nitrogen and oxygen atoms in total. The standard InChI is InChI=1S/C15H23N3O2/c1-12-4-5-14(10-13(12)2)20-11-15(19)16-18-8-6-17(3)7-9-18/h4-5,10H,6-9,11H2,1-3H3,(H,16,19)/p+1. The second-order valence-electron chi connectivity index (χ2n) is 5.51. The maximum Gasteiger partial charge on any atom is 0.272 e. The minimum Gasteiger partial charge on any atom is -0.484 e. The molecule has 1 amide bonds. The lowest BCUT2D eigenvalue weighted by atomic mass is 10.1. The zero-order chi connectivity index (χ0) is 14.5. The molecular formula is C15H24N3O2+. The van der Waals surface area contributed by atoms with Crippen LogP contribution in [0.1, 0.15) is 11.1 Å². The molecule has 5 heteroatoms. The number of hydrogen-bond acceptors (Lipinski definition) is 3. The van der Waals surface area contributed by atoms with Gasteiger partial charge in [-0.3, -0.25) is 10.2 Å². The molecule has 1 aromatic carbocycles. The van der Waals surface area contributed by atoms with Gasteiger partial charge in [-0.05, 0) is 37.1 Å². The van der Waals surface area contributed by atoms with E-state index in [1.54, 1.807) is 0 Å². The zero-order valence-corrected chi connectivity index (χ0v) is 12.5. The fraction of sp³-hybridized carbons (Fsp3) is 0.533. The van der Waals surface area contributed by atoms with Crippen molar-refractivity contribution < 1.29 is 14.4 Å². The van der Waals surface area contributed by atoms with Gasteiger partial charge in [0.1, 0.15) is 5.75 Å². The number of aryl methyl sites for hydroxylation is 2. The second kappa shape index (κ2) is 6.72. The Morgan fingerprint density at radius 2 is 2.00 bits per heavy atom. The summed E-state index contributed by atoms with van der Waals surface area (Å²) in [4.78, 5) is 13.3. The van der Waals surface area contributed by atoms with Crippen LogP contribution in [0.2, 0.25) is 0 Å². The number of nitrogens with one attached hydrogen (secondary N) is 2. The highest BCUT2D eigenvalue weighted by Crippen LogP contribution is 2.16. The van der Waals surface area contributed by atoms with E-state index >= 15 is 0 Å². The Morgan fingerprint density at radius 1 is 1.30 bits per heavy atom. The number of hydrazine groups is 1. The number of hydrogen-bond donors (Lipinski definition) is 2. The first-order chi connectivity index (χ1) is 9.54. The number of carbonyl (C=O) groups is 1. The van der Waals surface area contributed by atoms with Crippen LogP contribution in [-0.4, -0.2) is 50.7 Å². The first-order valence-electron chi connectivity index (χ1n) is 7.10. The molecule has 2 N–H and O–H groups in total. The van der Waals surface area contributed by atoms with E-state index in [-0.39, 0.29) is 12.5 Å². The monoisotopic (exact) mass is 278 g/mol. The highest BCUT2D eigenvalue weighted by molar-refractivity contribution is 5.77. The molecule has 1 saturated heterocycles. The third-order valence-corrected chi connectivity index (χ3v) is 3.75. The Labute approximate surface area is 120 Å². The average molecular weight is 278 g/mol. The number of ether oxygens (including phenoxy) is 1. The summed E-state index contributed by atoms with van der Waals surface area (Å²) in [5.74, 6) is 0.647. The van der Waals surface area contributed by atoms with Crippen molar-refractivity contribution in [2.45, 2.75) is 13.8 Å². The van der Waals surface area contributed by atoms with Crippen molar-refractivity contribution in [1.82, 2.24) is 10.4 Å². The SMILES string of the molecule is Cc1ccc(OCC(=O)NN2CC[NH+](C)CC2)cc1C. The summed E-state index contributed by atoms with van der Waals surface area (Å²) in [5.41, 5.74) is 5.29. The molecule has 20 heavy (non-hydrogen) atoms. The van der Waals surface area contributed by atoms with E-state index in [1.807, 2.05) is 30.1 Å². The van der Waals surface area contributed by atoms with Crippen molar-refractivity contribution in [1.29, 1.82) is 0 Å². The van der Waals surface area contributed by atoms with E-state index in [4.69, 9.17) is 4.74 Å². The minimum atomic E-state index is -0.0946. The number of benzene rings is 1. The van der Waals surface area contributed by atoms with Crippen LogP contribution >= 0.6 is 0 Å². The molecule has 1 aliphatic rings. The number of likely N-dealkylation sites (N-methyl/N-ethyl adjacent to an activating group) is 1. The molecule has 1 aliphatic heterocycles. The summed E-state index contributed by atoms with van der Waals surface area (Å²) >= 11 is 0. The second-order valence-corrected chi connectivity index (χ2v) is 5.51. The maximum atomic E-state index is 11.8. The van der Waals surface area contributed by atoms with Gasteiger partial charge in [-0.1, -0.05) is 6.07 Å². The highest BCUT2D eigenvalue weighted by atomic mass is 16.5. The molecule has 0 spiro atoms. The lowest BCUT2D eigenvalue weighted by Gasteiger charge is -2.30. The third kappa shape index (κ3) is 4.21. The molecule has 1 aromatic rings. The molecule has 0 unspecified atom stereocenters. The van der Waals surface area contributed by atoms with Crippen molar-refractivity contribution in [3.8, 4) is 5.75 Å². The van der Waals surface area contributed by atoms with Gasteiger partial charge in [-0.15, -0.1) is 0 Å². The molecule has 110 valence electrons. The number of quaternary nitrogens is 1. The summed E-state index contributed by atoms with van der Waals surface area (Å²) in [7, 11) is 2.17. The largest absolute Gasteiger partial charge is 0.484 e. The fourth-order valence-corrected chi connectivity index (χ4v) is 2.16. The fourth-order valence-electron chi connectivity index (χ4n) is 2.16. The van der Waals surface area contributed by atoms with Crippen LogP contribution in [0.25, 0.3) is 0 Å². The smallest absolute Gasteiger partial charge is 0.272 e. The van der Waals surface area contributed by atoms with Gasteiger partial charge < -0.3 is 9.64 Å². The van der Waals surface area contributed by atoms with E-state index in [0.717, 1.165) is 31.9 Å². The molecule has 1 fully saturated rings. The van der Waals surface area contributed by atoms with Gasteiger partial charge in [-0.25, -0.2) is 5.01 Å². The predicted molar refractivity (Wildman–Crippen MR) is 77.7 cm³/mol. The Kier molecular flexibility index (Phi) is 4.98. The summed E-state index contributed by atoms with van der Waals surface area (Å²) in [6.45, 7) is 8.04. The van der Waals surface area contributed by atoms with Crippen LogP contribution in [0, 0.1) is 13.8 Å². The van der Waals surface area contributed by atoms with E-state index in [2.05, 4.69) is 19.4 Å². The number of amides is 1. The van der Waals surface area contributed by atoms with Crippen molar-refractivity contribution in [3.63, 3.8) is 0 Å². The van der Waals surface area contributed by atoms with Gasteiger partial charge in [0.15, 0.2) is 6.61 Å². The van der Waals surface area contributed by atoms with Gasteiger partial charge in [0.05, 0.1) is 33.2 Å². The number of piperazine rings is 1. The van der Waals surface area contributed by atoms with Crippen molar-refractivity contribution in [2.24, 2.45) is 0 Å². The molecule has 0 aromatic heterocycles. The van der Waals surface area contributed by atoms with Gasteiger partial charge >= 0.3 is 0 Å². The van der Waals surface area contributed by atoms with Gasteiger partial charge in [-0.2, -0.15) is 0 Å². The first-order valence-corrected chi connectivity index (χ1v) is 7.10. The van der Waals surface area contributed by atoms with Gasteiger partial charge in [0.2, 0.25) is 0 Å². The normalized spacial score (nSPS) is 16.9. The van der Waals surface area contributed by atoms with E-state index in [1.165, 1.54) is 16.0 Å². The molecule has 0 aliphatic carbocycles. The Hall–Kier alpha value is -1.59. The van der Waals surface area contributed by atoms with Crippen molar-refractivity contribution >= 4 is 5.91 Å². The summed E-state index contributed by atoms with van der Waals surface area (Å²) in [6, 6.07) is 5.86. The summed E-state index contributed by atoms with van der Waals surface area (Å²) in [5, 5.41) is 1.97. The van der Waals surface area contributed by atoms with E-state index < -0.39 is 0 Å². The molecule has 0 radical (unpaired) electrons. The van der Waals surface area contributed by atoms with Crippen molar-refractivity contribution in [3.05, 3.63) is 29.3 Å². The third-order valence-electron chi connectivity index (χ3n) is 3.75. The number of nitrogens with zero attached hydrogens (tertiary/aromatic N) is 1. The number of rotatable bonds is 4. The predicted octanol–water partition coefficient (Wildman–Crippen LogP) is -0.456. The summed E-state index contributed by atoms with van der Waals surface area (Å²) < 4.78 is 5.52. The minimum absolute atomic E-state index is 0.0572. The molecule has 0 atom stereocenters. The first kappa shape index (κ1) is 14.8. The molecule has 1 heterocycles. The quantitative estimate of drug-likeness (QED) is 0.784. The van der Waals surface area contributed by atoms with E-state index in [9.17, 15) is 4.79 Å². The summed E-state index contributed by atoms with van der Waals surface area (Å²) in [6.07, 6.45) is 0. The van der Waals surface area contributed by atoms with Crippen molar-refractivity contribution in [2.75, 3.05) is 39.8 Å². The van der Waals surface area contributed by atoms with Crippen LogP contribution in [0.3, 0.4) is 0 Å². The number of carbonyl (C=O) groups excluding carboxylic acids is 1. The zero-order valence-electron chi connectivity index (χ0n) is 12.5. The lowest BCUT2D eigenvalue weighted by molar-refractivity contribution is -0.884. The van der Waals surface area contributed by atoms with Crippen LogP contribution in [-0.2, 0) is 4.79 Å². The Bertz CT molecular complexity index is 468. The Morgan fingerprint density at radius 3 is 2.65 bits per heavy atom. The molecule has 0 saturated carbocycles. The highest BCUT2D eigenvalue weighted by Gasteiger charge is 2.18. The Balaban J connectivity index is 1.76. The molecule has 2 rings (SSSR count). The lowest BCUT2D eigenvalue weighted by Crippen LogP contribution is -3.12. The van der Waals surface area contributed by atoms with Crippen LogP contribution in [0.4, 0.5) is 0 Å². The molecule has 0 bridgehead atoms. The topological polar surface area (TPSA) is 46.0 Å². The molecular weight excluding hydrogens is 254 g/mol. The van der Waals surface area contributed by atoms with E-state index in [0.29, 0.717) is 0 Å². The van der Waals surface area contributed by atoms with Gasteiger partial charge in [0, 0.05) is 0 Å². The van der Waals surface area contributed by atoms with Crippen LogP contribution in [0.15, 0.2) is 18.2 Å². The van der Waals surface area contributed by atoms with Crippen LogP contribution in [0.5, 0.6) is 5.75 Å². The van der Waals surface area contributed by atoms with Gasteiger partial charge in [0.25, 0.3) is 5.91 Å². The maximum absolute atomic E-state index is 11.8.